The molecule has 0 bridgehead atoms. The van der Waals surface area contributed by atoms with Gasteiger partial charge < -0.3 is 4.90 Å². The van der Waals surface area contributed by atoms with Crippen LogP contribution in [0.25, 0.3) is 11.9 Å². The summed E-state index contributed by atoms with van der Waals surface area (Å²) in [6.45, 7) is 0.557. The molecule has 0 spiro atoms. The molecule has 0 aliphatic heterocycles. The molecule has 2 heterocycles. The maximum absolute atomic E-state index is 12.8. The molecule has 3 aromatic rings. The first-order chi connectivity index (χ1) is 11.8. The van der Waals surface area contributed by atoms with Gasteiger partial charge in [0.05, 0.1) is 0 Å². The largest absolute Gasteiger partial charge is 0.329 e. The molecule has 4 rings (SSSR count). The minimum atomic E-state index is -0.138. The van der Waals surface area contributed by atoms with Gasteiger partial charge in [-0.05, 0) is 24.5 Å². The van der Waals surface area contributed by atoms with E-state index in [0.29, 0.717) is 12.3 Å². The van der Waals surface area contributed by atoms with E-state index in [4.69, 9.17) is 0 Å². The predicted molar refractivity (Wildman–Crippen MR) is 90.3 cm³/mol. The van der Waals surface area contributed by atoms with Crippen LogP contribution in [0.4, 0.5) is 0 Å². The normalized spacial score (nSPS) is 14.3. The molecule has 0 unspecified atom stereocenters. The van der Waals surface area contributed by atoms with E-state index in [1.807, 2.05) is 47.4 Å². The van der Waals surface area contributed by atoms with Crippen molar-refractivity contribution >= 4 is 17.8 Å². The van der Waals surface area contributed by atoms with Gasteiger partial charge in [-0.1, -0.05) is 42.5 Å². The second kappa shape index (κ2) is 6.23. The van der Waals surface area contributed by atoms with Crippen molar-refractivity contribution in [2.24, 2.45) is 0 Å². The SMILES string of the molecule is O=C(c1nc2ncccn2n1)N(C/C=C/c1ccccc1)C1CC1. The lowest BCUT2D eigenvalue weighted by molar-refractivity contribution is 0.0751. The van der Waals surface area contributed by atoms with E-state index in [-0.39, 0.29) is 17.8 Å². The van der Waals surface area contributed by atoms with Crippen LogP contribution in [0.15, 0.2) is 54.9 Å². The summed E-state index contributed by atoms with van der Waals surface area (Å²) < 4.78 is 1.53. The van der Waals surface area contributed by atoms with Crippen LogP contribution in [0.2, 0.25) is 0 Å². The summed E-state index contributed by atoms with van der Waals surface area (Å²) in [6, 6.07) is 12.1. The quantitative estimate of drug-likeness (QED) is 0.724. The Morgan fingerprint density at radius 1 is 1.25 bits per heavy atom. The highest BCUT2D eigenvalue weighted by molar-refractivity contribution is 5.91. The highest BCUT2D eigenvalue weighted by Crippen LogP contribution is 2.27. The van der Waals surface area contributed by atoms with Crippen molar-refractivity contribution in [2.75, 3.05) is 6.54 Å². The third-order valence-corrected chi connectivity index (χ3v) is 3.97. The van der Waals surface area contributed by atoms with Gasteiger partial charge >= 0.3 is 0 Å². The highest BCUT2D eigenvalue weighted by atomic mass is 16.2. The first-order valence-electron chi connectivity index (χ1n) is 8.01. The van der Waals surface area contributed by atoms with Gasteiger partial charge in [0.15, 0.2) is 0 Å². The van der Waals surface area contributed by atoms with Crippen LogP contribution in [0.3, 0.4) is 0 Å². The monoisotopic (exact) mass is 319 g/mol. The van der Waals surface area contributed by atoms with Crippen molar-refractivity contribution in [2.45, 2.75) is 18.9 Å². The number of nitrogens with zero attached hydrogens (tertiary/aromatic N) is 5. The van der Waals surface area contributed by atoms with E-state index >= 15 is 0 Å². The van der Waals surface area contributed by atoms with E-state index in [0.717, 1.165) is 18.4 Å². The second-order valence-electron chi connectivity index (χ2n) is 5.80. The van der Waals surface area contributed by atoms with Crippen molar-refractivity contribution in [3.63, 3.8) is 0 Å². The van der Waals surface area contributed by atoms with Gasteiger partial charge in [0.25, 0.3) is 11.7 Å². The smallest absolute Gasteiger partial charge is 0.294 e. The second-order valence-corrected chi connectivity index (χ2v) is 5.80. The number of fused-ring (bicyclic) bond motifs is 1. The Morgan fingerprint density at radius 2 is 2.08 bits per heavy atom. The molecule has 24 heavy (non-hydrogen) atoms. The highest BCUT2D eigenvalue weighted by Gasteiger charge is 2.34. The Balaban J connectivity index is 1.52. The molecule has 1 aliphatic rings. The molecular formula is C18H17N5O. The molecule has 0 radical (unpaired) electrons. The molecule has 6 heteroatoms. The Bertz CT molecular complexity index is 850. The van der Waals surface area contributed by atoms with E-state index < -0.39 is 0 Å². The lowest BCUT2D eigenvalue weighted by atomic mass is 10.2. The summed E-state index contributed by atoms with van der Waals surface area (Å²) in [4.78, 5) is 23.0. The van der Waals surface area contributed by atoms with Crippen LogP contribution in [-0.4, -0.2) is 43.0 Å². The van der Waals surface area contributed by atoms with E-state index in [2.05, 4.69) is 15.1 Å². The average Bonchev–Trinajstić information content (AvgIpc) is 3.36. The Labute approximate surface area is 139 Å². The van der Waals surface area contributed by atoms with Gasteiger partial charge in [-0.15, -0.1) is 5.10 Å². The zero-order chi connectivity index (χ0) is 16.4. The van der Waals surface area contributed by atoms with E-state index in [9.17, 15) is 4.79 Å². The molecule has 2 aromatic heterocycles. The van der Waals surface area contributed by atoms with Gasteiger partial charge in [-0.25, -0.2) is 9.50 Å². The molecule has 0 atom stereocenters. The van der Waals surface area contributed by atoms with Crippen molar-refractivity contribution in [1.82, 2.24) is 24.5 Å². The van der Waals surface area contributed by atoms with Gasteiger partial charge in [0, 0.05) is 25.0 Å². The Hall–Kier alpha value is -3.02. The third-order valence-electron chi connectivity index (χ3n) is 3.97. The fourth-order valence-electron chi connectivity index (χ4n) is 2.60. The average molecular weight is 319 g/mol. The molecule has 120 valence electrons. The molecule has 1 saturated carbocycles. The van der Waals surface area contributed by atoms with Crippen molar-refractivity contribution in [3.05, 3.63) is 66.3 Å². The summed E-state index contributed by atoms with van der Waals surface area (Å²) in [7, 11) is 0. The number of carbonyl (C=O) groups is 1. The fraction of sp³-hybridized carbons (Fsp3) is 0.222. The summed E-state index contributed by atoms with van der Waals surface area (Å²) >= 11 is 0. The number of rotatable bonds is 5. The van der Waals surface area contributed by atoms with Crippen LogP contribution in [0, 0.1) is 0 Å². The number of benzene rings is 1. The molecule has 1 amide bonds. The lowest BCUT2D eigenvalue weighted by Gasteiger charge is -2.18. The molecule has 6 nitrogen and oxygen atoms in total. The lowest BCUT2D eigenvalue weighted by Crippen LogP contribution is -2.34. The first kappa shape index (κ1) is 14.6. The minimum absolute atomic E-state index is 0.138. The van der Waals surface area contributed by atoms with Crippen LogP contribution >= 0.6 is 0 Å². The molecule has 1 aromatic carbocycles. The molecule has 0 saturated heterocycles. The van der Waals surface area contributed by atoms with Gasteiger partial charge in [0.2, 0.25) is 5.82 Å². The summed E-state index contributed by atoms with van der Waals surface area (Å²) in [5, 5.41) is 4.24. The summed E-state index contributed by atoms with van der Waals surface area (Å²) in [6.07, 6.45) is 9.50. The molecule has 1 aliphatic carbocycles. The van der Waals surface area contributed by atoms with Gasteiger partial charge in [0.1, 0.15) is 0 Å². The fourth-order valence-corrected chi connectivity index (χ4v) is 2.60. The standard InChI is InChI=1S/C18H17N5O/c24-17(16-20-18-19-11-5-13-23(18)21-16)22(15-9-10-15)12-4-8-14-6-2-1-3-7-14/h1-8,11,13,15H,9-10,12H2/b8-4+. The Morgan fingerprint density at radius 3 is 2.83 bits per heavy atom. The van der Waals surface area contributed by atoms with Gasteiger partial charge in [-0.3, -0.25) is 4.79 Å². The van der Waals surface area contributed by atoms with Crippen LogP contribution < -0.4 is 0 Å². The number of aromatic nitrogens is 4. The van der Waals surface area contributed by atoms with Crippen molar-refractivity contribution in [3.8, 4) is 0 Å². The number of hydrogen-bond acceptors (Lipinski definition) is 4. The topological polar surface area (TPSA) is 63.4 Å². The van der Waals surface area contributed by atoms with Crippen LogP contribution in [-0.2, 0) is 0 Å². The zero-order valence-corrected chi connectivity index (χ0v) is 13.1. The third kappa shape index (κ3) is 3.03. The zero-order valence-electron chi connectivity index (χ0n) is 13.1. The minimum Gasteiger partial charge on any atom is -0.329 e. The number of hydrogen-bond donors (Lipinski definition) is 0. The summed E-state index contributed by atoms with van der Waals surface area (Å²) in [5.41, 5.74) is 1.12. The number of carbonyl (C=O) groups excluding carboxylic acids is 1. The van der Waals surface area contributed by atoms with Crippen molar-refractivity contribution in [1.29, 1.82) is 0 Å². The maximum Gasteiger partial charge on any atom is 0.294 e. The predicted octanol–water partition coefficient (Wildman–Crippen LogP) is 2.44. The van der Waals surface area contributed by atoms with E-state index in [1.165, 1.54) is 4.52 Å². The van der Waals surface area contributed by atoms with Gasteiger partial charge in [-0.2, -0.15) is 4.98 Å². The van der Waals surface area contributed by atoms with E-state index in [1.54, 1.807) is 18.5 Å². The van der Waals surface area contributed by atoms with Crippen molar-refractivity contribution < 1.29 is 4.79 Å². The molecule has 0 N–H and O–H groups in total. The molecular weight excluding hydrogens is 302 g/mol. The van der Waals surface area contributed by atoms with Crippen LogP contribution in [0.1, 0.15) is 29.0 Å². The molecule has 1 fully saturated rings. The maximum atomic E-state index is 12.8. The first-order valence-corrected chi connectivity index (χ1v) is 8.01. The summed E-state index contributed by atoms with van der Waals surface area (Å²) in [5.74, 6) is 0.505. The van der Waals surface area contributed by atoms with Crippen LogP contribution in [0.5, 0.6) is 0 Å². The Kier molecular flexibility index (Phi) is 3.78. The number of amides is 1.